The van der Waals surface area contributed by atoms with Crippen molar-refractivity contribution in [3.8, 4) is 6.57 Å². The maximum atomic E-state index is 5.44. The van der Waals surface area contributed by atoms with Gasteiger partial charge in [-0.15, -0.1) is 0 Å². The van der Waals surface area contributed by atoms with E-state index in [-0.39, 0.29) is 0 Å². The highest BCUT2D eigenvalue weighted by Gasteiger charge is 2.25. The molecule has 1 aromatic carbocycles. The van der Waals surface area contributed by atoms with Gasteiger partial charge in [-0.1, -0.05) is 44.1 Å². The van der Waals surface area contributed by atoms with Crippen LogP contribution in [0, 0.1) is 18.4 Å². The summed E-state index contributed by atoms with van der Waals surface area (Å²) in [7, 11) is 1.98. The van der Waals surface area contributed by atoms with Crippen LogP contribution < -0.4 is 0 Å². The van der Waals surface area contributed by atoms with Crippen molar-refractivity contribution in [2.75, 3.05) is 7.05 Å². The summed E-state index contributed by atoms with van der Waals surface area (Å²) in [6.07, 6.45) is 15.1. The molecule has 0 aliphatic heterocycles. The third-order valence-corrected chi connectivity index (χ3v) is 5.76. The monoisotopic (exact) mass is 362 g/mol. The van der Waals surface area contributed by atoms with E-state index in [1.165, 1.54) is 43.2 Å². The molecule has 1 fully saturated rings. The zero-order valence-corrected chi connectivity index (χ0v) is 17.0. The summed E-state index contributed by atoms with van der Waals surface area (Å²) in [5, 5.41) is 0. The molecule has 2 heteroatoms. The number of hydrogen-bond donors (Lipinski definition) is 0. The van der Waals surface area contributed by atoms with Gasteiger partial charge in [0.1, 0.15) is 13.8 Å². The minimum atomic E-state index is 0.745. The third kappa shape index (κ3) is 6.36. The summed E-state index contributed by atoms with van der Waals surface area (Å²) in [5.41, 5.74) is 4.65. The van der Waals surface area contributed by atoms with E-state index < -0.39 is 0 Å². The van der Waals surface area contributed by atoms with E-state index in [9.17, 15) is 0 Å². The minimum Gasteiger partial charge on any atom is -0.208 e. The first-order valence-corrected chi connectivity index (χ1v) is 10.1. The molecule has 0 heterocycles. The molecule has 0 amide bonds. The van der Waals surface area contributed by atoms with Gasteiger partial charge in [0.25, 0.3) is 6.57 Å². The van der Waals surface area contributed by atoms with Gasteiger partial charge in [0.15, 0.2) is 5.70 Å². The SMILES string of the molecule is C#[N+]c1cccc(CC2CCCCC2CCC(C=C)=CC(=CC)[N+](=C)C)c1. The summed E-state index contributed by atoms with van der Waals surface area (Å²) in [6, 6.07) is 8.35. The lowest BCUT2D eigenvalue weighted by molar-refractivity contribution is -0.428. The van der Waals surface area contributed by atoms with Crippen molar-refractivity contribution in [2.45, 2.75) is 51.9 Å². The molecule has 2 unspecified atom stereocenters. The van der Waals surface area contributed by atoms with E-state index in [1.807, 2.05) is 30.7 Å². The molecule has 1 aromatic rings. The van der Waals surface area contributed by atoms with Crippen LogP contribution in [0.2, 0.25) is 0 Å². The molecule has 27 heavy (non-hydrogen) atoms. The number of nitrogens with zero attached hydrogens (tertiary/aromatic N) is 2. The van der Waals surface area contributed by atoms with Gasteiger partial charge >= 0.3 is 5.69 Å². The van der Waals surface area contributed by atoms with Gasteiger partial charge in [-0.3, -0.25) is 0 Å². The van der Waals surface area contributed by atoms with Crippen molar-refractivity contribution in [1.82, 2.24) is 0 Å². The topological polar surface area (TPSA) is 7.37 Å². The molecule has 2 nitrogen and oxygen atoms in total. The highest BCUT2D eigenvalue weighted by Crippen LogP contribution is 2.36. The summed E-state index contributed by atoms with van der Waals surface area (Å²) in [4.78, 5) is 3.83. The number of rotatable bonds is 8. The summed E-state index contributed by atoms with van der Waals surface area (Å²) in [5.74, 6) is 1.52. The maximum absolute atomic E-state index is 5.44. The first-order valence-electron chi connectivity index (χ1n) is 10.1. The Labute approximate surface area is 165 Å². The van der Waals surface area contributed by atoms with Crippen LogP contribution in [0.4, 0.5) is 5.69 Å². The number of hydrogen-bond acceptors (Lipinski definition) is 0. The van der Waals surface area contributed by atoms with Crippen molar-refractivity contribution in [2.24, 2.45) is 11.8 Å². The molecule has 142 valence electrons. The fourth-order valence-corrected chi connectivity index (χ4v) is 4.19. The molecule has 2 rings (SSSR count). The Morgan fingerprint density at radius 3 is 2.67 bits per heavy atom. The lowest BCUT2D eigenvalue weighted by atomic mass is 9.74. The van der Waals surface area contributed by atoms with Crippen LogP contribution in [0.1, 0.15) is 51.0 Å². The van der Waals surface area contributed by atoms with Crippen LogP contribution in [-0.4, -0.2) is 18.3 Å². The number of allylic oxidation sites excluding steroid dienone is 4. The number of likely N-dealkylation sites (N-methyl/N-ethyl adjacent to an activating group) is 1. The Hall–Kier alpha value is -2.40. The van der Waals surface area contributed by atoms with E-state index >= 15 is 0 Å². The number of benzene rings is 1. The van der Waals surface area contributed by atoms with Crippen LogP contribution in [0.3, 0.4) is 0 Å². The third-order valence-electron chi connectivity index (χ3n) is 5.76. The van der Waals surface area contributed by atoms with Gasteiger partial charge in [0, 0.05) is 18.2 Å². The van der Waals surface area contributed by atoms with Crippen molar-refractivity contribution >= 4 is 12.4 Å². The largest absolute Gasteiger partial charge is 0.340 e. The first kappa shape index (κ1) is 20.9. The molecule has 0 saturated heterocycles. The van der Waals surface area contributed by atoms with E-state index in [0.29, 0.717) is 0 Å². The van der Waals surface area contributed by atoms with Gasteiger partial charge in [-0.2, -0.15) is 0 Å². The van der Waals surface area contributed by atoms with Crippen molar-refractivity contribution in [3.63, 3.8) is 0 Å². The molecular weight excluding hydrogens is 328 g/mol. The molecule has 0 aromatic heterocycles. The molecule has 2 atom stereocenters. The predicted octanol–water partition coefficient (Wildman–Crippen LogP) is 6.77. The maximum Gasteiger partial charge on any atom is 0.340 e. The fourth-order valence-electron chi connectivity index (χ4n) is 4.19. The molecular formula is C25H34N2+2. The quantitative estimate of drug-likeness (QED) is 0.274. The Kier molecular flexibility index (Phi) is 8.27. The van der Waals surface area contributed by atoms with Crippen molar-refractivity contribution in [3.05, 3.63) is 70.8 Å². The van der Waals surface area contributed by atoms with Crippen LogP contribution >= 0.6 is 0 Å². The lowest BCUT2D eigenvalue weighted by Crippen LogP contribution is -2.21. The van der Waals surface area contributed by atoms with E-state index in [2.05, 4.69) is 48.5 Å². The molecule has 0 radical (unpaired) electrons. The second-order valence-corrected chi connectivity index (χ2v) is 7.68. The lowest BCUT2D eigenvalue weighted by Gasteiger charge is -2.32. The van der Waals surface area contributed by atoms with Gasteiger partial charge < -0.3 is 0 Å². The predicted molar refractivity (Wildman–Crippen MR) is 118 cm³/mol. The van der Waals surface area contributed by atoms with Gasteiger partial charge in [-0.25, -0.2) is 4.58 Å². The van der Waals surface area contributed by atoms with Crippen LogP contribution in [0.25, 0.3) is 4.85 Å². The van der Waals surface area contributed by atoms with Crippen LogP contribution in [-0.2, 0) is 6.42 Å². The summed E-state index contributed by atoms with van der Waals surface area (Å²) >= 11 is 0. The zero-order chi connectivity index (χ0) is 19.6. The average Bonchev–Trinajstić information content (AvgIpc) is 2.69. The zero-order valence-electron chi connectivity index (χ0n) is 17.0. The van der Waals surface area contributed by atoms with E-state index in [4.69, 9.17) is 6.57 Å². The van der Waals surface area contributed by atoms with Gasteiger partial charge in [0.05, 0.1) is 0 Å². The molecule has 0 bridgehead atoms. The molecule has 0 spiro atoms. The second-order valence-electron chi connectivity index (χ2n) is 7.68. The summed E-state index contributed by atoms with van der Waals surface area (Å²) < 4.78 is 1.91. The normalized spacial score (nSPS) is 20.8. The Morgan fingerprint density at radius 2 is 2.04 bits per heavy atom. The highest BCUT2D eigenvalue weighted by molar-refractivity contribution is 5.47. The second kappa shape index (κ2) is 10.7. The smallest absolute Gasteiger partial charge is 0.208 e. The Bertz CT molecular complexity index is 761. The molecule has 0 N–H and O–H groups in total. The standard InChI is InChI=1S/C25H34N2/c1-6-20(19-25(7-2)27(4)5)15-16-22-12-8-9-13-23(22)17-21-11-10-14-24(18-21)26-3/h3,6-7,10-11,14,18-19,22-23H,1,4,8-9,12-13,15-17H2,2,5H3/q+2. The van der Waals surface area contributed by atoms with Crippen LogP contribution in [0.15, 0.2) is 60.3 Å². The van der Waals surface area contributed by atoms with Crippen molar-refractivity contribution < 1.29 is 4.58 Å². The average molecular weight is 363 g/mol. The molecule has 1 saturated carbocycles. The van der Waals surface area contributed by atoms with Gasteiger partial charge in [0.2, 0.25) is 0 Å². The molecule has 1 aliphatic carbocycles. The first-order chi connectivity index (χ1) is 13.1. The Balaban J connectivity index is 2.04. The summed E-state index contributed by atoms with van der Waals surface area (Å²) in [6.45, 7) is 15.5. The highest BCUT2D eigenvalue weighted by atomic mass is 14.9. The molecule has 1 aliphatic rings. The van der Waals surface area contributed by atoms with E-state index in [0.717, 1.165) is 36.1 Å². The van der Waals surface area contributed by atoms with Gasteiger partial charge in [-0.05, 0) is 66.5 Å². The van der Waals surface area contributed by atoms with E-state index in [1.54, 1.807) is 0 Å². The fraction of sp³-hybridized carbons (Fsp3) is 0.440. The van der Waals surface area contributed by atoms with Crippen LogP contribution in [0.5, 0.6) is 0 Å². The minimum absolute atomic E-state index is 0.745. The Morgan fingerprint density at radius 1 is 1.30 bits per heavy atom. The van der Waals surface area contributed by atoms with Crippen molar-refractivity contribution in [1.29, 1.82) is 0 Å².